The van der Waals surface area contributed by atoms with Gasteiger partial charge in [0.25, 0.3) is 0 Å². The summed E-state index contributed by atoms with van der Waals surface area (Å²) in [6.45, 7) is 0. The maximum Gasteiger partial charge on any atom is 0.338 e. The van der Waals surface area contributed by atoms with Crippen LogP contribution in [0.5, 0.6) is 0 Å². The number of ether oxygens (including phenoxy) is 1. The maximum atomic E-state index is 10.9. The normalized spacial score (nSPS) is 26.4. The number of carbonyl (C=O) groups excluding carboxylic acids is 1. The molecule has 0 saturated carbocycles. The fraction of sp³-hybridized carbons (Fsp3) is 0.429. The Labute approximate surface area is 96.0 Å². The van der Waals surface area contributed by atoms with Crippen molar-refractivity contribution in [1.82, 2.24) is 0 Å². The summed E-state index contributed by atoms with van der Waals surface area (Å²) in [5, 5.41) is 0. The summed E-state index contributed by atoms with van der Waals surface area (Å²) >= 11 is 0. The van der Waals surface area contributed by atoms with Gasteiger partial charge in [-0.3, -0.25) is 0 Å². The highest BCUT2D eigenvalue weighted by atomic mass is 16.5. The second-order valence-electron chi connectivity index (χ2n) is 4.19. The predicted molar refractivity (Wildman–Crippen MR) is 62.7 cm³/mol. The summed E-state index contributed by atoms with van der Waals surface area (Å²) in [7, 11) is 1.38. The zero-order valence-corrected chi connectivity index (χ0v) is 9.48. The number of fused-ring (bicyclic) bond motifs is 1. The molecule has 2 rings (SSSR count). The zero-order valence-electron chi connectivity index (χ0n) is 9.48. The second kappa shape index (κ2) is 5.00. The molecule has 84 valence electrons. The molecule has 0 fully saturated rings. The van der Waals surface area contributed by atoms with Crippen molar-refractivity contribution in [3.63, 3.8) is 0 Å². The molecule has 2 aliphatic carbocycles. The maximum absolute atomic E-state index is 10.9. The third-order valence-corrected chi connectivity index (χ3v) is 3.23. The molecule has 0 heterocycles. The van der Waals surface area contributed by atoms with Crippen molar-refractivity contribution in [3.05, 3.63) is 41.7 Å². The van der Waals surface area contributed by atoms with E-state index in [1.165, 1.54) is 31.6 Å². The van der Waals surface area contributed by atoms with Crippen LogP contribution in [0.1, 0.15) is 19.3 Å². The standard InChI is InChI=1S/C14H16O2/c1-16-14(15)10-4-8-12-6-2-5-11-7-3-9-13(11)12/h2,5,7-8,10,12-13H,3,6,9H2,1H3. The molecule has 2 heteroatoms. The van der Waals surface area contributed by atoms with Gasteiger partial charge in [0.2, 0.25) is 0 Å². The van der Waals surface area contributed by atoms with Gasteiger partial charge in [0.05, 0.1) is 13.2 Å². The third-order valence-electron chi connectivity index (χ3n) is 3.23. The largest absolute Gasteiger partial charge is 0.465 e. The van der Waals surface area contributed by atoms with Crippen molar-refractivity contribution in [1.29, 1.82) is 0 Å². The molecule has 2 aliphatic rings. The Morgan fingerprint density at radius 3 is 3.31 bits per heavy atom. The van der Waals surface area contributed by atoms with Crippen molar-refractivity contribution < 1.29 is 9.53 Å². The first kappa shape index (κ1) is 11.0. The molecule has 0 radical (unpaired) electrons. The van der Waals surface area contributed by atoms with Crippen LogP contribution in [0, 0.1) is 11.8 Å². The van der Waals surface area contributed by atoms with Gasteiger partial charge in [0, 0.05) is 0 Å². The summed E-state index contributed by atoms with van der Waals surface area (Å²) in [6, 6.07) is 0. The highest BCUT2D eigenvalue weighted by molar-refractivity contribution is 5.81. The molecular formula is C14H16O2. The number of allylic oxidation sites excluding steroid dienone is 4. The Hall–Kier alpha value is -1.53. The van der Waals surface area contributed by atoms with Crippen LogP contribution >= 0.6 is 0 Å². The minimum atomic E-state index is -0.343. The highest BCUT2D eigenvalue weighted by Gasteiger charge is 2.26. The van der Waals surface area contributed by atoms with E-state index < -0.39 is 0 Å². The van der Waals surface area contributed by atoms with Crippen LogP contribution in [-0.4, -0.2) is 13.1 Å². The first-order chi connectivity index (χ1) is 7.81. The van der Waals surface area contributed by atoms with E-state index in [1.54, 1.807) is 0 Å². The molecule has 0 aromatic carbocycles. The van der Waals surface area contributed by atoms with Gasteiger partial charge in [-0.15, -0.1) is 5.73 Å². The quantitative estimate of drug-likeness (QED) is 0.403. The fourth-order valence-corrected chi connectivity index (χ4v) is 2.41. The van der Waals surface area contributed by atoms with Crippen LogP contribution in [0.4, 0.5) is 0 Å². The summed E-state index contributed by atoms with van der Waals surface area (Å²) in [6.07, 6.45) is 13.5. The van der Waals surface area contributed by atoms with Crippen molar-refractivity contribution in [2.24, 2.45) is 11.8 Å². The Morgan fingerprint density at radius 2 is 2.50 bits per heavy atom. The lowest BCUT2D eigenvalue weighted by atomic mass is 9.81. The van der Waals surface area contributed by atoms with E-state index in [1.807, 2.05) is 6.08 Å². The molecule has 0 aromatic rings. The number of hydrogen-bond acceptors (Lipinski definition) is 2. The van der Waals surface area contributed by atoms with Gasteiger partial charge >= 0.3 is 5.97 Å². The van der Waals surface area contributed by atoms with E-state index in [-0.39, 0.29) is 5.97 Å². The fourth-order valence-electron chi connectivity index (χ4n) is 2.41. The lowest BCUT2D eigenvalue weighted by Gasteiger charge is -2.23. The second-order valence-corrected chi connectivity index (χ2v) is 4.19. The van der Waals surface area contributed by atoms with Crippen molar-refractivity contribution >= 4 is 5.97 Å². The summed E-state index contributed by atoms with van der Waals surface area (Å²) in [5.74, 6) is 0.771. The van der Waals surface area contributed by atoms with Crippen LogP contribution in [-0.2, 0) is 9.53 Å². The van der Waals surface area contributed by atoms with Crippen LogP contribution in [0.3, 0.4) is 0 Å². The minimum absolute atomic E-state index is 0.343. The van der Waals surface area contributed by atoms with E-state index >= 15 is 0 Å². The molecule has 2 nitrogen and oxygen atoms in total. The van der Waals surface area contributed by atoms with E-state index in [0.717, 1.165) is 6.42 Å². The van der Waals surface area contributed by atoms with Gasteiger partial charge in [-0.2, -0.15) is 0 Å². The van der Waals surface area contributed by atoms with E-state index in [4.69, 9.17) is 0 Å². The molecule has 2 unspecified atom stereocenters. The van der Waals surface area contributed by atoms with Crippen LogP contribution in [0.2, 0.25) is 0 Å². The van der Waals surface area contributed by atoms with Gasteiger partial charge in [-0.25, -0.2) is 4.79 Å². The zero-order chi connectivity index (χ0) is 11.4. The average Bonchev–Trinajstić information content (AvgIpc) is 2.77. The number of methoxy groups -OCH3 is 1. The van der Waals surface area contributed by atoms with Crippen LogP contribution < -0.4 is 0 Å². The third kappa shape index (κ3) is 2.34. The lowest BCUT2D eigenvalue weighted by Crippen LogP contribution is -2.13. The Balaban J connectivity index is 2.06. The summed E-state index contributed by atoms with van der Waals surface area (Å²) in [4.78, 5) is 10.9. The van der Waals surface area contributed by atoms with Crippen molar-refractivity contribution in [3.8, 4) is 0 Å². The van der Waals surface area contributed by atoms with Crippen LogP contribution in [0.25, 0.3) is 0 Å². The Bertz CT molecular complexity index is 395. The van der Waals surface area contributed by atoms with Gasteiger partial charge in [0.1, 0.15) is 0 Å². The summed E-state index contributed by atoms with van der Waals surface area (Å²) < 4.78 is 4.52. The first-order valence-electron chi connectivity index (χ1n) is 5.68. The van der Waals surface area contributed by atoms with Gasteiger partial charge < -0.3 is 4.74 Å². The van der Waals surface area contributed by atoms with E-state index in [0.29, 0.717) is 11.8 Å². The van der Waals surface area contributed by atoms with Gasteiger partial charge in [-0.1, -0.05) is 18.2 Å². The molecule has 0 saturated heterocycles. The minimum Gasteiger partial charge on any atom is -0.465 e. The molecule has 0 spiro atoms. The average molecular weight is 216 g/mol. The molecule has 0 aliphatic heterocycles. The molecule has 0 bridgehead atoms. The van der Waals surface area contributed by atoms with Gasteiger partial charge in [-0.05, 0) is 42.7 Å². The molecule has 0 N–H and O–H groups in total. The number of rotatable bonds is 2. The highest BCUT2D eigenvalue weighted by Crippen LogP contribution is 2.38. The van der Waals surface area contributed by atoms with Gasteiger partial charge in [0.15, 0.2) is 0 Å². The monoisotopic (exact) mass is 216 g/mol. The molecular weight excluding hydrogens is 200 g/mol. The smallest absolute Gasteiger partial charge is 0.338 e. The lowest BCUT2D eigenvalue weighted by molar-refractivity contribution is -0.134. The topological polar surface area (TPSA) is 26.3 Å². The Kier molecular flexibility index (Phi) is 3.43. The predicted octanol–water partition coefficient (Wildman–Crippen LogP) is 2.78. The Morgan fingerprint density at radius 1 is 1.62 bits per heavy atom. The molecule has 2 atom stereocenters. The van der Waals surface area contributed by atoms with E-state index in [9.17, 15) is 4.79 Å². The van der Waals surface area contributed by atoms with Crippen molar-refractivity contribution in [2.45, 2.75) is 19.3 Å². The number of esters is 1. The van der Waals surface area contributed by atoms with E-state index in [2.05, 4.69) is 28.7 Å². The van der Waals surface area contributed by atoms with Crippen molar-refractivity contribution in [2.75, 3.05) is 7.11 Å². The van der Waals surface area contributed by atoms with Crippen LogP contribution in [0.15, 0.2) is 41.7 Å². The number of carbonyl (C=O) groups is 1. The molecule has 0 aromatic heterocycles. The molecule has 16 heavy (non-hydrogen) atoms. The first-order valence-corrected chi connectivity index (χ1v) is 5.68. The molecule has 0 amide bonds. The number of hydrogen-bond donors (Lipinski definition) is 0. The summed E-state index contributed by atoms with van der Waals surface area (Å²) in [5.41, 5.74) is 4.38. The SMILES string of the molecule is COC(=O)C=C=CC1CC=CC2=CCCC21.